The van der Waals surface area contributed by atoms with Gasteiger partial charge in [-0.1, -0.05) is 27.5 Å². The van der Waals surface area contributed by atoms with E-state index in [0.29, 0.717) is 5.56 Å². The quantitative estimate of drug-likeness (QED) is 0.0430. The van der Waals surface area contributed by atoms with Gasteiger partial charge in [0.1, 0.15) is 19.8 Å². The van der Waals surface area contributed by atoms with Crippen LogP contribution in [0.2, 0.25) is 0 Å². The molecule has 0 saturated heterocycles. The molecule has 1 amide bonds. The number of nitrogens with zero attached hydrogens (tertiary/aromatic N) is 9. The zero-order chi connectivity index (χ0) is 39.6. The van der Waals surface area contributed by atoms with Gasteiger partial charge in [0.15, 0.2) is 11.5 Å². The Morgan fingerprint density at radius 3 is 1.33 bits per heavy atom. The highest BCUT2D eigenvalue weighted by Crippen LogP contribution is 2.39. The molecule has 0 spiro atoms. The van der Waals surface area contributed by atoms with Crippen LogP contribution in [0.15, 0.2) is 51.7 Å². The number of azide groups is 3. The molecule has 2 rings (SSSR count). The number of carboxylic acid groups (broad SMARTS) is 1. The smallest absolute Gasteiger partial charge is 0.335 e. The van der Waals surface area contributed by atoms with E-state index in [0.717, 1.165) is 0 Å². The highest BCUT2D eigenvalue weighted by Gasteiger charge is 2.19. The molecule has 0 radical (unpaired) electrons. The molecule has 22 heteroatoms. The van der Waals surface area contributed by atoms with E-state index < -0.39 is 11.9 Å². The van der Waals surface area contributed by atoms with Crippen LogP contribution in [-0.2, 0) is 35.0 Å². The van der Waals surface area contributed by atoms with Gasteiger partial charge in [0.25, 0.3) is 5.91 Å². The van der Waals surface area contributed by atoms with Crippen molar-refractivity contribution in [3.8, 4) is 17.2 Å². The number of hydrogen-bond donors (Lipinski definition) is 2. The predicted octanol–water partition coefficient (Wildman–Crippen LogP) is 4.48. The van der Waals surface area contributed by atoms with E-state index >= 15 is 0 Å². The molecule has 0 aliphatic heterocycles. The average Bonchev–Trinajstić information content (AvgIpc) is 3.19. The topological polar surface area (TPSA) is 296 Å². The maximum atomic E-state index is 13.4. The molecule has 22 nitrogen and oxygen atoms in total. The van der Waals surface area contributed by atoms with Crippen molar-refractivity contribution in [3.05, 3.63) is 84.4 Å². The van der Waals surface area contributed by atoms with E-state index in [9.17, 15) is 14.7 Å². The molecule has 300 valence electrons. The molecule has 0 heterocycles. The van der Waals surface area contributed by atoms with Gasteiger partial charge in [0, 0.05) is 46.5 Å². The van der Waals surface area contributed by atoms with Gasteiger partial charge in [-0.3, -0.25) is 4.79 Å². The van der Waals surface area contributed by atoms with E-state index in [2.05, 4.69) is 35.4 Å². The Labute approximate surface area is 316 Å². The number of hydrogen-bond acceptors (Lipinski definition) is 14. The van der Waals surface area contributed by atoms with Gasteiger partial charge in [0.2, 0.25) is 5.75 Å². The Morgan fingerprint density at radius 2 is 0.927 bits per heavy atom. The van der Waals surface area contributed by atoms with Crippen LogP contribution >= 0.6 is 0 Å². The van der Waals surface area contributed by atoms with Crippen LogP contribution in [0.1, 0.15) is 26.3 Å². The van der Waals surface area contributed by atoms with Gasteiger partial charge in [0.05, 0.1) is 84.8 Å². The van der Waals surface area contributed by atoms with Gasteiger partial charge in [-0.05, 0) is 46.4 Å². The van der Waals surface area contributed by atoms with Gasteiger partial charge in [-0.25, -0.2) is 4.79 Å². The summed E-state index contributed by atoms with van der Waals surface area (Å²) in [4.78, 5) is 32.6. The van der Waals surface area contributed by atoms with Crippen LogP contribution in [-0.4, -0.2) is 136 Å². The maximum Gasteiger partial charge on any atom is 0.335 e. The number of benzene rings is 2. The summed E-state index contributed by atoms with van der Waals surface area (Å²) in [5.41, 5.74) is 26.0. The van der Waals surface area contributed by atoms with Crippen molar-refractivity contribution in [2.24, 2.45) is 15.3 Å². The monoisotopic (exact) mass is 774 g/mol. The van der Waals surface area contributed by atoms with Crippen LogP contribution < -0.4 is 19.5 Å². The Morgan fingerprint density at radius 1 is 0.545 bits per heavy atom. The molecule has 0 atom stereocenters. The molecule has 2 N–H and O–H groups in total. The third kappa shape index (κ3) is 21.7. The summed E-state index contributed by atoms with van der Waals surface area (Å²) in [6.07, 6.45) is 0. The predicted molar refractivity (Wildman–Crippen MR) is 194 cm³/mol. The normalized spacial score (nSPS) is 10.4. The maximum absolute atomic E-state index is 13.4. The van der Waals surface area contributed by atoms with E-state index in [1.165, 1.54) is 24.3 Å². The van der Waals surface area contributed by atoms with E-state index in [-0.39, 0.29) is 154 Å². The lowest BCUT2D eigenvalue weighted by Crippen LogP contribution is -2.23. The third-order valence-electron chi connectivity index (χ3n) is 6.69. The molecule has 0 saturated carbocycles. The molecule has 2 aromatic rings. The molecular formula is C33H46N10O12. The van der Waals surface area contributed by atoms with Crippen LogP contribution in [0.5, 0.6) is 17.2 Å². The number of carboxylic acids is 1. The molecule has 0 fully saturated rings. The van der Waals surface area contributed by atoms with Gasteiger partial charge < -0.3 is 53.1 Å². The fourth-order valence-electron chi connectivity index (χ4n) is 4.15. The minimum absolute atomic E-state index is 0.0714. The third-order valence-corrected chi connectivity index (χ3v) is 6.69. The number of carbonyl (C=O) groups excluding carboxylic acids is 1. The Kier molecular flexibility index (Phi) is 25.6. The molecule has 55 heavy (non-hydrogen) atoms. The first-order valence-corrected chi connectivity index (χ1v) is 17.2. The zero-order valence-corrected chi connectivity index (χ0v) is 30.4. The van der Waals surface area contributed by atoms with Crippen molar-refractivity contribution in [2.45, 2.75) is 6.54 Å². The van der Waals surface area contributed by atoms with Crippen molar-refractivity contribution >= 4 is 11.9 Å². The summed E-state index contributed by atoms with van der Waals surface area (Å²) in [5, 5.41) is 22.2. The fraction of sp³-hybridized carbons (Fsp3) is 0.576. The first kappa shape index (κ1) is 45.6. The summed E-state index contributed by atoms with van der Waals surface area (Å²) >= 11 is 0. The molecule has 2 aromatic carbocycles. The van der Waals surface area contributed by atoms with Crippen LogP contribution in [0.25, 0.3) is 31.3 Å². The number of carbonyl (C=O) groups is 2. The van der Waals surface area contributed by atoms with Gasteiger partial charge in [-0.15, -0.1) is 0 Å². The summed E-state index contributed by atoms with van der Waals surface area (Å²) in [6, 6.07) is 9.13. The molecule has 0 aliphatic rings. The highest BCUT2D eigenvalue weighted by atomic mass is 16.6. The van der Waals surface area contributed by atoms with Crippen LogP contribution in [0, 0.1) is 0 Å². The van der Waals surface area contributed by atoms with Crippen molar-refractivity contribution < 1.29 is 57.3 Å². The van der Waals surface area contributed by atoms with Gasteiger partial charge >= 0.3 is 5.97 Å². The molecular weight excluding hydrogens is 728 g/mol. The minimum atomic E-state index is -1.06. The van der Waals surface area contributed by atoms with E-state index in [1.807, 2.05) is 0 Å². The number of rotatable bonds is 34. The van der Waals surface area contributed by atoms with Crippen molar-refractivity contribution in [2.75, 3.05) is 119 Å². The Balaban J connectivity index is 2.14. The fourth-order valence-corrected chi connectivity index (χ4v) is 4.15. The standard InChI is InChI=1S/C33H46N10O12/c34-41-38-5-8-47-11-14-50-17-20-53-29-23-28(32(44)37-25-26-1-3-27(4-2-26)33(45)46)24-30(54-21-18-51-15-12-48-9-6-39-42-35)31(29)55-22-19-52-16-13-49-10-7-40-43-36/h1-4,23-24H,5-22,25H2,(H,37,44)(H,45,46). The van der Waals surface area contributed by atoms with Crippen LogP contribution in [0.3, 0.4) is 0 Å². The summed E-state index contributed by atoms with van der Waals surface area (Å²) in [6.45, 7) is 3.94. The number of aromatic carboxylic acids is 1. The molecule has 0 aromatic heterocycles. The largest absolute Gasteiger partial charge is 0.487 e. The number of nitrogens with one attached hydrogen (secondary N) is 1. The second kappa shape index (κ2) is 30.9. The molecule has 0 unspecified atom stereocenters. The Bertz CT molecular complexity index is 1490. The van der Waals surface area contributed by atoms with Crippen molar-refractivity contribution in [1.82, 2.24) is 5.32 Å². The summed E-state index contributed by atoms with van der Waals surface area (Å²) in [5.74, 6) is -0.926. The van der Waals surface area contributed by atoms with Crippen molar-refractivity contribution in [3.63, 3.8) is 0 Å². The van der Waals surface area contributed by atoms with Gasteiger partial charge in [-0.2, -0.15) is 0 Å². The average molecular weight is 775 g/mol. The first-order valence-electron chi connectivity index (χ1n) is 17.2. The lowest BCUT2D eigenvalue weighted by molar-refractivity contribution is 0.0331. The minimum Gasteiger partial charge on any atom is -0.487 e. The van der Waals surface area contributed by atoms with Crippen LogP contribution in [0.4, 0.5) is 0 Å². The molecule has 0 bridgehead atoms. The second-order valence-corrected chi connectivity index (χ2v) is 10.6. The first-order chi connectivity index (χ1) is 27.0. The Hall–Kier alpha value is -5.53. The lowest BCUT2D eigenvalue weighted by atomic mass is 10.1. The van der Waals surface area contributed by atoms with E-state index in [1.54, 1.807) is 12.1 Å². The highest BCUT2D eigenvalue weighted by molar-refractivity contribution is 5.95. The number of ether oxygens (including phenoxy) is 9. The zero-order valence-electron chi connectivity index (χ0n) is 30.4. The number of amides is 1. The summed E-state index contributed by atoms with van der Waals surface area (Å²) in [7, 11) is 0. The SMILES string of the molecule is [N-]=[N+]=NCCOCCOCCOc1cc(C(=O)NCc2ccc(C(=O)O)cc2)cc(OCCOCCOCCN=[N+]=[N-])c1OCCOCCOCCN=[N+]=[N-]. The second-order valence-electron chi connectivity index (χ2n) is 10.6. The lowest BCUT2D eigenvalue weighted by Gasteiger charge is -2.19. The van der Waals surface area contributed by atoms with Crippen molar-refractivity contribution in [1.29, 1.82) is 0 Å². The summed E-state index contributed by atoms with van der Waals surface area (Å²) < 4.78 is 50.9. The van der Waals surface area contributed by atoms with E-state index in [4.69, 9.17) is 59.2 Å². The molecule has 0 aliphatic carbocycles.